The van der Waals surface area contributed by atoms with Crippen molar-refractivity contribution in [2.45, 2.75) is 26.1 Å². The fourth-order valence-electron chi connectivity index (χ4n) is 3.35. The fourth-order valence-corrected chi connectivity index (χ4v) is 3.64. The van der Waals surface area contributed by atoms with Crippen LogP contribution in [0.15, 0.2) is 36.5 Å². The number of halogens is 4. The highest BCUT2D eigenvalue weighted by Crippen LogP contribution is 2.33. The maximum absolute atomic E-state index is 12.8. The maximum Gasteiger partial charge on any atom is 0.417 e. The Balaban J connectivity index is 1.55. The van der Waals surface area contributed by atoms with Crippen LogP contribution in [-0.4, -0.2) is 54.6 Å². The number of rotatable bonds is 6. The van der Waals surface area contributed by atoms with Gasteiger partial charge in [0.15, 0.2) is 0 Å². The van der Waals surface area contributed by atoms with Gasteiger partial charge in [-0.15, -0.1) is 0 Å². The lowest BCUT2D eigenvalue weighted by atomic mass is 10.2. The van der Waals surface area contributed by atoms with Gasteiger partial charge < -0.3 is 15.0 Å². The van der Waals surface area contributed by atoms with Crippen molar-refractivity contribution in [3.05, 3.63) is 47.1 Å². The second-order valence-electron chi connectivity index (χ2n) is 7.17. The number of aromatic nitrogens is 1. The third-order valence-corrected chi connectivity index (χ3v) is 5.40. The predicted molar refractivity (Wildman–Crippen MR) is 114 cm³/mol. The van der Waals surface area contributed by atoms with E-state index in [9.17, 15) is 18.0 Å². The number of nitrogens with one attached hydrogen (secondary N) is 1. The van der Waals surface area contributed by atoms with E-state index in [-0.39, 0.29) is 17.0 Å². The minimum absolute atomic E-state index is 0.0374. The van der Waals surface area contributed by atoms with E-state index >= 15 is 0 Å². The molecule has 1 amide bonds. The number of hydrogen-bond donors (Lipinski definition) is 1. The van der Waals surface area contributed by atoms with Crippen molar-refractivity contribution in [1.82, 2.24) is 9.88 Å². The summed E-state index contributed by atoms with van der Waals surface area (Å²) in [4.78, 5) is 20.4. The Morgan fingerprint density at radius 2 is 1.87 bits per heavy atom. The maximum atomic E-state index is 12.8. The molecule has 0 radical (unpaired) electrons. The van der Waals surface area contributed by atoms with Crippen LogP contribution in [0.1, 0.15) is 19.4 Å². The van der Waals surface area contributed by atoms with Crippen LogP contribution in [0.4, 0.5) is 24.7 Å². The van der Waals surface area contributed by atoms with Gasteiger partial charge in [-0.3, -0.25) is 9.69 Å². The molecule has 1 aromatic carbocycles. The molecule has 1 saturated heterocycles. The van der Waals surface area contributed by atoms with E-state index in [4.69, 9.17) is 16.3 Å². The van der Waals surface area contributed by atoms with Gasteiger partial charge in [0.1, 0.15) is 11.6 Å². The van der Waals surface area contributed by atoms with E-state index in [1.807, 2.05) is 23.6 Å². The summed E-state index contributed by atoms with van der Waals surface area (Å²) in [5.74, 6) is 0.921. The molecule has 0 spiro atoms. The number of carbonyl (C=O) groups is 1. The average Bonchev–Trinajstić information content (AvgIpc) is 2.74. The molecule has 6 nitrogen and oxygen atoms in total. The number of alkyl halides is 3. The molecular formula is C21H24ClF3N4O2. The minimum atomic E-state index is -4.49. The lowest BCUT2D eigenvalue weighted by molar-refractivity contribution is -0.137. The fraction of sp³-hybridized carbons (Fsp3) is 0.429. The number of ether oxygens (including phenoxy) is 1. The molecule has 2 heterocycles. The summed E-state index contributed by atoms with van der Waals surface area (Å²) in [7, 11) is 0. The van der Waals surface area contributed by atoms with E-state index < -0.39 is 11.7 Å². The monoisotopic (exact) mass is 456 g/mol. The van der Waals surface area contributed by atoms with Gasteiger partial charge in [0.2, 0.25) is 5.91 Å². The molecule has 0 bridgehead atoms. The molecule has 1 N–H and O–H groups in total. The van der Waals surface area contributed by atoms with Crippen LogP contribution in [0.25, 0.3) is 0 Å². The number of nitrogens with zero attached hydrogens (tertiary/aromatic N) is 3. The van der Waals surface area contributed by atoms with Crippen LogP contribution in [0.3, 0.4) is 0 Å². The number of piperazine rings is 1. The number of carbonyl (C=O) groups excluding carboxylic acids is 1. The topological polar surface area (TPSA) is 57.7 Å². The van der Waals surface area contributed by atoms with Crippen molar-refractivity contribution in [2.24, 2.45) is 0 Å². The zero-order valence-corrected chi connectivity index (χ0v) is 18.0. The Morgan fingerprint density at radius 1 is 1.23 bits per heavy atom. The smallest absolute Gasteiger partial charge is 0.417 e. The number of pyridine rings is 1. The van der Waals surface area contributed by atoms with E-state index in [1.165, 1.54) is 0 Å². The zero-order chi connectivity index (χ0) is 22.6. The second-order valence-corrected chi connectivity index (χ2v) is 7.58. The van der Waals surface area contributed by atoms with Crippen molar-refractivity contribution >= 4 is 29.0 Å². The molecule has 1 aliphatic heterocycles. The Hall–Kier alpha value is -2.52. The van der Waals surface area contributed by atoms with Crippen LogP contribution in [0.5, 0.6) is 5.75 Å². The predicted octanol–water partition coefficient (Wildman–Crippen LogP) is 4.30. The molecular weight excluding hydrogens is 433 g/mol. The Labute approximate surface area is 183 Å². The molecule has 3 rings (SSSR count). The first kappa shape index (κ1) is 23.1. The molecule has 1 unspecified atom stereocenters. The van der Waals surface area contributed by atoms with Gasteiger partial charge >= 0.3 is 6.18 Å². The highest BCUT2D eigenvalue weighted by molar-refractivity contribution is 6.33. The van der Waals surface area contributed by atoms with Crippen LogP contribution in [-0.2, 0) is 11.0 Å². The summed E-state index contributed by atoms with van der Waals surface area (Å²) in [6, 6.07) is 7.68. The van der Waals surface area contributed by atoms with Crippen LogP contribution in [0, 0.1) is 0 Å². The molecule has 31 heavy (non-hydrogen) atoms. The third-order valence-electron chi connectivity index (χ3n) is 5.12. The summed E-state index contributed by atoms with van der Waals surface area (Å²) >= 11 is 6.05. The summed E-state index contributed by atoms with van der Waals surface area (Å²) in [5, 5.41) is 2.85. The summed E-state index contributed by atoms with van der Waals surface area (Å²) in [6.07, 6.45) is -3.69. The Bertz CT molecular complexity index is 900. The summed E-state index contributed by atoms with van der Waals surface area (Å²) in [5.41, 5.74) is -0.195. The van der Waals surface area contributed by atoms with E-state index in [1.54, 1.807) is 24.3 Å². The van der Waals surface area contributed by atoms with Crippen molar-refractivity contribution in [3.8, 4) is 5.75 Å². The van der Waals surface area contributed by atoms with E-state index in [0.29, 0.717) is 44.3 Å². The Morgan fingerprint density at radius 3 is 2.42 bits per heavy atom. The van der Waals surface area contributed by atoms with Gasteiger partial charge in [0.25, 0.3) is 0 Å². The van der Waals surface area contributed by atoms with Crippen LogP contribution < -0.4 is 15.0 Å². The van der Waals surface area contributed by atoms with Gasteiger partial charge in [0.05, 0.1) is 23.2 Å². The first-order valence-electron chi connectivity index (χ1n) is 9.94. The first-order valence-corrected chi connectivity index (χ1v) is 10.3. The van der Waals surface area contributed by atoms with E-state index in [0.717, 1.165) is 18.0 Å². The largest absolute Gasteiger partial charge is 0.494 e. The molecule has 0 aliphatic carbocycles. The lowest BCUT2D eigenvalue weighted by Gasteiger charge is -2.38. The van der Waals surface area contributed by atoms with Gasteiger partial charge in [-0.1, -0.05) is 11.6 Å². The van der Waals surface area contributed by atoms with Crippen molar-refractivity contribution in [3.63, 3.8) is 0 Å². The third kappa shape index (κ3) is 5.80. The highest BCUT2D eigenvalue weighted by Gasteiger charge is 2.33. The molecule has 10 heteroatoms. The molecule has 2 aromatic rings. The van der Waals surface area contributed by atoms with Crippen molar-refractivity contribution in [1.29, 1.82) is 0 Å². The normalized spacial score (nSPS) is 16.1. The molecule has 1 aromatic heterocycles. The molecule has 0 saturated carbocycles. The number of benzene rings is 1. The van der Waals surface area contributed by atoms with Crippen LogP contribution >= 0.6 is 11.6 Å². The quantitative estimate of drug-likeness (QED) is 0.702. The summed E-state index contributed by atoms with van der Waals surface area (Å²) in [6.45, 7) is 6.40. The molecule has 1 aliphatic rings. The summed E-state index contributed by atoms with van der Waals surface area (Å²) < 4.78 is 43.8. The van der Waals surface area contributed by atoms with Gasteiger partial charge in [-0.25, -0.2) is 4.98 Å². The lowest BCUT2D eigenvalue weighted by Crippen LogP contribution is -2.53. The van der Waals surface area contributed by atoms with E-state index in [2.05, 4.69) is 10.3 Å². The molecule has 1 atom stereocenters. The zero-order valence-electron chi connectivity index (χ0n) is 17.2. The molecule has 1 fully saturated rings. The number of hydrogen-bond acceptors (Lipinski definition) is 5. The van der Waals surface area contributed by atoms with Gasteiger partial charge in [-0.2, -0.15) is 13.2 Å². The number of anilines is 2. The Kier molecular flexibility index (Phi) is 7.27. The second kappa shape index (κ2) is 9.74. The van der Waals surface area contributed by atoms with Gasteiger partial charge in [0, 0.05) is 38.1 Å². The highest BCUT2D eigenvalue weighted by atomic mass is 35.5. The average molecular weight is 457 g/mol. The molecule has 168 valence electrons. The minimum Gasteiger partial charge on any atom is -0.494 e. The van der Waals surface area contributed by atoms with Crippen molar-refractivity contribution in [2.75, 3.05) is 43.0 Å². The van der Waals surface area contributed by atoms with Crippen LogP contribution in [0.2, 0.25) is 5.02 Å². The van der Waals surface area contributed by atoms with Gasteiger partial charge in [-0.05, 0) is 44.2 Å². The SMILES string of the molecule is CCOc1ccc(NC(=O)C(C)N2CCN(c3ncc(C(F)(F)F)cc3Cl)CC2)cc1. The van der Waals surface area contributed by atoms with Crippen molar-refractivity contribution < 1.29 is 22.7 Å². The standard InChI is InChI=1S/C21H24ClF3N4O2/c1-3-31-17-6-4-16(5-7-17)27-20(30)14(2)28-8-10-29(11-9-28)19-18(22)12-15(13-26-19)21(23,24)25/h4-7,12-14H,3,8-11H2,1-2H3,(H,27,30). The first-order chi connectivity index (χ1) is 14.7. The number of amides is 1.